The zero-order chi connectivity index (χ0) is 13.5. The molecule has 0 spiro atoms. The summed E-state index contributed by atoms with van der Waals surface area (Å²) in [7, 11) is 0. The average Bonchev–Trinajstić information content (AvgIpc) is 2.33. The van der Waals surface area contributed by atoms with E-state index in [1.54, 1.807) is 0 Å². The van der Waals surface area contributed by atoms with Crippen LogP contribution in [0.2, 0.25) is 5.15 Å². The van der Waals surface area contributed by atoms with E-state index in [9.17, 15) is 4.79 Å². The summed E-state index contributed by atoms with van der Waals surface area (Å²) in [5.74, 6) is 0.340. The molecule has 1 aromatic heterocycles. The van der Waals surface area contributed by atoms with Gasteiger partial charge in [0.2, 0.25) is 5.91 Å². The molecule has 100 valence electrons. The minimum Gasteiger partial charge on any atom is -0.368 e. The van der Waals surface area contributed by atoms with Crippen molar-refractivity contribution < 1.29 is 4.79 Å². The highest BCUT2D eigenvalue weighted by molar-refractivity contribution is 6.30. The number of nitrogens with zero attached hydrogens (tertiary/aromatic N) is 3. The minimum atomic E-state index is -0.372. The molecule has 2 N–H and O–H groups in total. The Morgan fingerprint density at radius 2 is 2.17 bits per heavy atom. The fourth-order valence-electron chi connectivity index (χ4n) is 1.76. The molecule has 0 aromatic carbocycles. The fourth-order valence-corrected chi connectivity index (χ4v) is 2.02. The second-order valence-electron chi connectivity index (χ2n) is 4.06. The van der Waals surface area contributed by atoms with E-state index in [0.717, 1.165) is 31.4 Å². The molecule has 6 heteroatoms. The van der Waals surface area contributed by atoms with E-state index in [2.05, 4.69) is 16.9 Å². The number of halogens is 1. The van der Waals surface area contributed by atoms with E-state index >= 15 is 0 Å². The van der Waals surface area contributed by atoms with Crippen LogP contribution in [0, 0.1) is 0 Å². The largest absolute Gasteiger partial charge is 0.368 e. The van der Waals surface area contributed by atoms with E-state index in [4.69, 9.17) is 17.3 Å². The van der Waals surface area contributed by atoms with E-state index in [-0.39, 0.29) is 12.5 Å². The van der Waals surface area contributed by atoms with Crippen LogP contribution >= 0.6 is 11.6 Å². The van der Waals surface area contributed by atoms with Gasteiger partial charge >= 0.3 is 0 Å². The second kappa shape index (κ2) is 7.16. The van der Waals surface area contributed by atoms with Crippen LogP contribution < -0.4 is 10.6 Å². The van der Waals surface area contributed by atoms with Crippen LogP contribution in [0.3, 0.4) is 0 Å². The number of rotatable bonds is 7. The highest BCUT2D eigenvalue weighted by Gasteiger charge is 2.16. The molecule has 0 aliphatic carbocycles. The van der Waals surface area contributed by atoms with Gasteiger partial charge in [-0.1, -0.05) is 31.9 Å². The van der Waals surface area contributed by atoms with Gasteiger partial charge in [-0.2, -0.15) is 0 Å². The molecule has 0 aliphatic rings. The van der Waals surface area contributed by atoms with Crippen molar-refractivity contribution >= 4 is 23.3 Å². The van der Waals surface area contributed by atoms with Crippen LogP contribution in [0.4, 0.5) is 5.82 Å². The van der Waals surface area contributed by atoms with Crippen molar-refractivity contribution in [2.45, 2.75) is 33.1 Å². The van der Waals surface area contributed by atoms with Crippen molar-refractivity contribution in [2.24, 2.45) is 5.73 Å². The van der Waals surface area contributed by atoms with Gasteiger partial charge < -0.3 is 10.6 Å². The summed E-state index contributed by atoms with van der Waals surface area (Å²) in [5.41, 5.74) is 6.13. The lowest BCUT2D eigenvalue weighted by Gasteiger charge is -2.24. The number of carbonyl (C=O) groups is 1. The Labute approximate surface area is 112 Å². The quantitative estimate of drug-likeness (QED) is 0.767. The summed E-state index contributed by atoms with van der Waals surface area (Å²) in [6.07, 6.45) is 4.14. The number of hydrogen-bond donors (Lipinski definition) is 1. The zero-order valence-corrected chi connectivity index (χ0v) is 11.6. The third kappa shape index (κ3) is 3.84. The Morgan fingerprint density at radius 3 is 2.72 bits per heavy atom. The van der Waals surface area contributed by atoms with E-state index in [0.29, 0.717) is 11.0 Å². The molecule has 0 unspecified atom stereocenters. The minimum absolute atomic E-state index is 0.153. The van der Waals surface area contributed by atoms with Gasteiger partial charge in [0.05, 0.1) is 6.54 Å². The van der Waals surface area contributed by atoms with Crippen LogP contribution in [0.15, 0.2) is 6.33 Å². The lowest BCUT2D eigenvalue weighted by molar-refractivity contribution is -0.116. The molecular weight excluding hydrogens is 252 g/mol. The molecule has 0 bridgehead atoms. The monoisotopic (exact) mass is 270 g/mol. The molecule has 0 aliphatic heterocycles. The molecule has 1 rings (SSSR count). The molecule has 18 heavy (non-hydrogen) atoms. The normalized spacial score (nSPS) is 10.4. The summed E-state index contributed by atoms with van der Waals surface area (Å²) in [6, 6.07) is 0. The van der Waals surface area contributed by atoms with Crippen LogP contribution in [0.25, 0.3) is 0 Å². The maximum Gasteiger partial charge on any atom is 0.236 e. The zero-order valence-electron chi connectivity index (χ0n) is 10.8. The molecule has 0 atom stereocenters. The highest BCUT2D eigenvalue weighted by atomic mass is 35.5. The van der Waals surface area contributed by atoms with Crippen molar-refractivity contribution in [3.05, 3.63) is 17.0 Å². The predicted octanol–water partition coefficient (Wildman–Crippen LogP) is 1.78. The molecule has 1 aromatic rings. The van der Waals surface area contributed by atoms with Gasteiger partial charge in [0.15, 0.2) is 0 Å². The van der Waals surface area contributed by atoms with Crippen LogP contribution in [-0.4, -0.2) is 29.0 Å². The first kappa shape index (κ1) is 14.7. The fraction of sp³-hybridized carbons (Fsp3) is 0.583. The van der Waals surface area contributed by atoms with Gasteiger partial charge in [-0.15, -0.1) is 0 Å². The van der Waals surface area contributed by atoms with Gasteiger partial charge in [0, 0.05) is 12.1 Å². The van der Waals surface area contributed by atoms with Crippen molar-refractivity contribution in [3.63, 3.8) is 0 Å². The lowest BCUT2D eigenvalue weighted by Crippen LogP contribution is -2.35. The lowest BCUT2D eigenvalue weighted by atomic mass is 10.2. The smallest absolute Gasteiger partial charge is 0.236 e. The topological polar surface area (TPSA) is 72.1 Å². The highest BCUT2D eigenvalue weighted by Crippen LogP contribution is 2.23. The van der Waals surface area contributed by atoms with E-state index in [1.165, 1.54) is 6.33 Å². The summed E-state index contributed by atoms with van der Waals surface area (Å²) in [4.78, 5) is 21.2. The Balaban J connectivity index is 3.03. The Bertz CT molecular complexity index is 411. The predicted molar refractivity (Wildman–Crippen MR) is 72.7 cm³/mol. The SMILES string of the molecule is CCCCN(CC(N)=O)c1ncnc(Cl)c1CC. The number of carbonyl (C=O) groups excluding carboxylic acids is 1. The maximum absolute atomic E-state index is 11.1. The Hall–Kier alpha value is -1.36. The van der Waals surface area contributed by atoms with Gasteiger partial charge in [-0.25, -0.2) is 9.97 Å². The number of nitrogens with two attached hydrogens (primary N) is 1. The van der Waals surface area contributed by atoms with Gasteiger partial charge in [-0.05, 0) is 12.8 Å². The first-order valence-corrected chi connectivity index (χ1v) is 6.50. The summed E-state index contributed by atoms with van der Waals surface area (Å²) >= 11 is 6.05. The number of unbranched alkanes of at least 4 members (excludes halogenated alkanes) is 1. The van der Waals surface area contributed by atoms with E-state index < -0.39 is 0 Å². The third-order valence-corrected chi connectivity index (χ3v) is 2.98. The molecule has 5 nitrogen and oxygen atoms in total. The van der Waals surface area contributed by atoms with Crippen molar-refractivity contribution in [1.82, 2.24) is 9.97 Å². The maximum atomic E-state index is 11.1. The molecule has 1 amide bonds. The van der Waals surface area contributed by atoms with Crippen molar-refractivity contribution in [2.75, 3.05) is 18.0 Å². The first-order valence-electron chi connectivity index (χ1n) is 6.12. The number of hydrogen-bond acceptors (Lipinski definition) is 4. The number of aromatic nitrogens is 2. The van der Waals surface area contributed by atoms with Gasteiger partial charge in [0.25, 0.3) is 0 Å². The summed E-state index contributed by atoms with van der Waals surface area (Å²) < 4.78 is 0. The molecule has 0 saturated heterocycles. The molecule has 0 fully saturated rings. The molecule has 0 radical (unpaired) electrons. The van der Waals surface area contributed by atoms with E-state index in [1.807, 2.05) is 11.8 Å². The first-order chi connectivity index (χ1) is 8.60. The van der Waals surface area contributed by atoms with Gasteiger partial charge in [0.1, 0.15) is 17.3 Å². The third-order valence-electron chi connectivity index (χ3n) is 2.65. The number of amides is 1. The summed E-state index contributed by atoms with van der Waals surface area (Å²) in [5, 5.41) is 0.438. The molecule has 1 heterocycles. The van der Waals surface area contributed by atoms with Crippen LogP contribution in [0.1, 0.15) is 32.3 Å². The van der Waals surface area contributed by atoms with Gasteiger partial charge in [-0.3, -0.25) is 4.79 Å². The van der Waals surface area contributed by atoms with Crippen molar-refractivity contribution in [3.8, 4) is 0 Å². The van der Waals surface area contributed by atoms with Crippen LogP contribution in [-0.2, 0) is 11.2 Å². The van der Waals surface area contributed by atoms with Crippen LogP contribution in [0.5, 0.6) is 0 Å². The summed E-state index contributed by atoms with van der Waals surface area (Å²) in [6.45, 7) is 4.96. The Morgan fingerprint density at radius 1 is 1.44 bits per heavy atom. The Kier molecular flexibility index (Phi) is 5.85. The average molecular weight is 271 g/mol. The number of anilines is 1. The standard InChI is InChI=1S/C12H19ClN4O/c1-3-5-6-17(7-10(14)18)12-9(4-2)11(13)15-8-16-12/h8H,3-7H2,1-2H3,(H2,14,18). The molecular formula is C12H19ClN4O. The molecule has 0 saturated carbocycles. The van der Waals surface area contributed by atoms with Crippen molar-refractivity contribution in [1.29, 1.82) is 0 Å². The second-order valence-corrected chi connectivity index (χ2v) is 4.42. The number of primary amides is 1.